The van der Waals surface area contributed by atoms with E-state index in [1.165, 1.54) is 11.1 Å². The molecule has 1 N–H and O–H groups in total. The molecule has 2 aromatic rings. The Balaban J connectivity index is 2.14. The average Bonchev–Trinajstić information content (AvgIpc) is 2.93. The Bertz CT molecular complexity index is 577. The number of imidazole rings is 1. The first kappa shape index (κ1) is 15.6. The van der Waals surface area contributed by atoms with Gasteiger partial charge in [-0.25, -0.2) is 4.98 Å². The van der Waals surface area contributed by atoms with Crippen LogP contribution in [0.4, 0.5) is 0 Å². The molecule has 1 aromatic carbocycles. The maximum atomic E-state index is 6.05. The largest absolute Gasteiger partial charge is 0.487 e. The van der Waals surface area contributed by atoms with Crippen LogP contribution in [-0.2, 0) is 13.2 Å². The number of aromatic nitrogens is 2. The number of aryl methyl sites for hydroxylation is 2. The van der Waals surface area contributed by atoms with E-state index in [1.54, 1.807) is 0 Å². The second-order valence-electron chi connectivity index (χ2n) is 5.42. The molecule has 0 fully saturated rings. The summed E-state index contributed by atoms with van der Waals surface area (Å²) in [5, 5.41) is 3.28. The van der Waals surface area contributed by atoms with Crippen LogP contribution in [0.5, 0.6) is 5.75 Å². The molecule has 0 amide bonds. The van der Waals surface area contributed by atoms with E-state index < -0.39 is 0 Å². The van der Waals surface area contributed by atoms with E-state index >= 15 is 0 Å². The number of nitrogens with one attached hydrogen (secondary N) is 1. The Morgan fingerprint density at radius 2 is 2.19 bits per heavy atom. The summed E-state index contributed by atoms with van der Waals surface area (Å²) in [5.41, 5.74) is 3.55. The molecule has 1 atom stereocenters. The van der Waals surface area contributed by atoms with E-state index in [0.717, 1.165) is 24.4 Å². The van der Waals surface area contributed by atoms with Gasteiger partial charge in [0, 0.05) is 18.2 Å². The molecule has 2 rings (SSSR count). The van der Waals surface area contributed by atoms with Crippen LogP contribution in [0.15, 0.2) is 30.7 Å². The van der Waals surface area contributed by atoms with Crippen LogP contribution in [0.2, 0.25) is 0 Å². The van der Waals surface area contributed by atoms with E-state index in [4.69, 9.17) is 4.74 Å². The Morgan fingerprint density at radius 1 is 1.38 bits per heavy atom. The van der Waals surface area contributed by atoms with Gasteiger partial charge in [0.05, 0.1) is 18.2 Å². The van der Waals surface area contributed by atoms with Gasteiger partial charge in [0.2, 0.25) is 0 Å². The van der Waals surface area contributed by atoms with Crippen molar-refractivity contribution >= 4 is 0 Å². The Labute approximate surface area is 127 Å². The third-order valence-corrected chi connectivity index (χ3v) is 3.70. The van der Waals surface area contributed by atoms with Gasteiger partial charge in [-0.2, -0.15) is 0 Å². The molecule has 0 spiro atoms. The zero-order valence-corrected chi connectivity index (χ0v) is 13.4. The van der Waals surface area contributed by atoms with Gasteiger partial charge in [0.25, 0.3) is 0 Å². The highest BCUT2D eigenvalue weighted by Gasteiger charge is 2.11. The summed E-state index contributed by atoms with van der Waals surface area (Å²) in [6.07, 6.45) is 4.84. The van der Waals surface area contributed by atoms with Gasteiger partial charge >= 0.3 is 0 Å². The van der Waals surface area contributed by atoms with Crippen molar-refractivity contribution in [2.24, 2.45) is 0 Å². The summed E-state index contributed by atoms with van der Waals surface area (Å²) in [5.74, 6) is 0.937. The van der Waals surface area contributed by atoms with Gasteiger partial charge in [-0.05, 0) is 33.4 Å². The quantitative estimate of drug-likeness (QED) is 0.847. The molecule has 4 nitrogen and oxygen atoms in total. The smallest absolute Gasteiger partial charge is 0.130 e. The maximum Gasteiger partial charge on any atom is 0.130 e. The molecule has 0 bridgehead atoms. The molecule has 0 radical (unpaired) electrons. The van der Waals surface area contributed by atoms with Crippen LogP contribution >= 0.6 is 0 Å². The van der Waals surface area contributed by atoms with Gasteiger partial charge in [-0.3, -0.25) is 0 Å². The molecule has 1 heterocycles. The molecule has 0 saturated heterocycles. The highest BCUT2D eigenvalue weighted by molar-refractivity contribution is 5.39. The van der Waals surface area contributed by atoms with Gasteiger partial charge in [-0.1, -0.05) is 24.6 Å². The monoisotopic (exact) mass is 287 g/mol. The van der Waals surface area contributed by atoms with Crippen molar-refractivity contribution in [2.75, 3.05) is 7.05 Å². The standard InChI is InChI=1S/C17H25N3O/c1-5-8-20-12-19-10-15(20)11-21-17-7-6-13(2)9-16(17)14(3)18-4/h6-7,9-10,12,14,18H,5,8,11H2,1-4H3. The fourth-order valence-corrected chi connectivity index (χ4v) is 2.36. The number of hydrogen-bond acceptors (Lipinski definition) is 3. The lowest BCUT2D eigenvalue weighted by molar-refractivity contribution is 0.289. The molecule has 0 aliphatic rings. The fourth-order valence-electron chi connectivity index (χ4n) is 2.36. The number of benzene rings is 1. The van der Waals surface area contributed by atoms with Crippen molar-refractivity contribution in [1.29, 1.82) is 0 Å². The molecule has 0 saturated carbocycles. The van der Waals surface area contributed by atoms with Crippen LogP contribution < -0.4 is 10.1 Å². The lowest BCUT2D eigenvalue weighted by Gasteiger charge is -2.17. The van der Waals surface area contributed by atoms with Crippen LogP contribution in [0.3, 0.4) is 0 Å². The summed E-state index contributed by atoms with van der Waals surface area (Å²) in [7, 11) is 1.97. The van der Waals surface area contributed by atoms with Crippen LogP contribution in [0, 0.1) is 6.92 Å². The lowest BCUT2D eigenvalue weighted by Crippen LogP contribution is -2.14. The van der Waals surface area contributed by atoms with Crippen molar-refractivity contribution < 1.29 is 4.74 Å². The molecule has 21 heavy (non-hydrogen) atoms. The molecular weight excluding hydrogens is 262 g/mol. The summed E-state index contributed by atoms with van der Waals surface area (Å²) >= 11 is 0. The predicted molar refractivity (Wildman–Crippen MR) is 85.5 cm³/mol. The van der Waals surface area contributed by atoms with Gasteiger partial charge in [0.1, 0.15) is 12.4 Å². The first-order chi connectivity index (χ1) is 10.2. The zero-order chi connectivity index (χ0) is 15.2. The number of rotatable bonds is 7. The Hall–Kier alpha value is -1.81. The lowest BCUT2D eigenvalue weighted by atomic mass is 10.0. The Morgan fingerprint density at radius 3 is 2.90 bits per heavy atom. The molecule has 1 unspecified atom stereocenters. The van der Waals surface area contributed by atoms with Crippen molar-refractivity contribution in [1.82, 2.24) is 14.9 Å². The van der Waals surface area contributed by atoms with Crippen LogP contribution in [-0.4, -0.2) is 16.6 Å². The first-order valence-corrected chi connectivity index (χ1v) is 7.55. The van der Waals surface area contributed by atoms with Crippen LogP contribution in [0.1, 0.15) is 43.1 Å². The van der Waals surface area contributed by atoms with Gasteiger partial charge in [0.15, 0.2) is 0 Å². The summed E-state index contributed by atoms with van der Waals surface area (Å²) in [4.78, 5) is 4.21. The van der Waals surface area contributed by atoms with Crippen molar-refractivity contribution in [3.8, 4) is 5.75 Å². The molecule has 4 heteroatoms. The van der Waals surface area contributed by atoms with Gasteiger partial charge in [-0.15, -0.1) is 0 Å². The number of ether oxygens (including phenoxy) is 1. The summed E-state index contributed by atoms with van der Waals surface area (Å²) < 4.78 is 8.19. The van der Waals surface area contributed by atoms with Crippen molar-refractivity contribution in [3.63, 3.8) is 0 Å². The average molecular weight is 287 g/mol. The maximum absolute atomic E-state index is 6.05. The van der Waals surface area contributed by atoms with E-state index in [0.29, 0.717) is 6.61 Å². The summed E-state index contributed by atoms with van der Waals surface area (Å²) in [6.45, 7) is 7.94. The third-order valence-electron chi connectivity index (χ3n) is 3.70. The molecule has 0 aliphatic carbocycles. The van der Waals surface area contributed by atoms with Crippen LogP contribution in [0.25, 0.3) is 0 Å². The highest BCUT2D eigenvalue weighted by Crippen LogP contribution is 2.27. The highest BCUT2D eigenvalue weighted by atomic mass is 16.5. The zero-order valence-electron chi connectivity index (χ0n) is 13.4. The minimum atomic E-state index is 0.264. The van der Waals surface area contributed by atoms with E-state index in [-0.39, 0.29) is 6.04 Å². The minimum Gasteiger partial charge on any atom is -0.487 e. The third kappa shape index (κ3) is 3.85. The molecular formula is C17H25N3O. The van der Waals surface area contributed by atoms with E-state index in [2.05, 4.69) is 53.8 Å². The SMILES string of the molecule is CCCn1cncc1COc1ccc(C)cc1C(C)NC. The summed E-state index contributed by atoms with van der Waals surface area (Å²) in [6, 6.07) is 6.59. The fraction of sp³-hybridized carbons (Fsp3) is 0.471. The topological polar surface area (TPSA) is 39.1 Å². The predicted octanol–water partition coefficient (Wildman–Crippen LogP) is 3.46. The first-order valence-electron chi connectivity index (χ1n) is 7.55. The number of hydrogen-bond donors (Lipinski definition) is 1. The van der Waals surface area contributed by atoms with Crippen molar-refractivity contribution in [2.45, 2.75) is 46.4 Å². The van der Waals surface area contributed by atoms with Gasteiger partial charge < -0.3 is 14.6 Å². The normalized spacial score (nSPS) is 12.4. The Kier molecular flexibility index (Phi) is 5.39. The van der Waals surface area contributed by atoms with E-state index in [1.807, 2.05) is 19.6 Å². The molecule has 1 aromatic heterocycles. The van der Waals surface area contributed by atoms with E-state index in [9.17, 15) is 0 Å². The van der Waals surface area contributed by atoms with Crippen molar-refractivity contribution in [3.05, 3.63) is 47.5 Å². The molecule has 0 aliphatic heterocycles. The molecule has 114 valence electrons. The minimum absolute atomic E-state index is 0.264. The number of nitrogens with zero attached hydrogens (tertiary/aromatic N) is 2. The second-order valence-corrected chi connectivity index (χ2v) is 5.42. The second kappa shape index (κ2) is 7.27.